The van der Waals surface area contributed by atoms with Crippen molar-refractivity contribution in [3.05, 3.63) is 54.1 Å². The maximum absolute atomic E-state index is 11.9. The van der Waals surface area contributed by atoms with Gasteiger partial charge in [0.25, 0.3) is 0 Å². The minimum atomic E-state index is -2.21. The lowest BCUT2D eigenvalue weighted by molar-refractivity contribution is 0.481. The fourth-order valence-electron chi connectivity index (χ4n) is 1.74. The fraction of sp³-hybridized carbons (Fsp3) is 0.188. The predicted molar refractivity (Wildman–Crippen MR) is 81.8 cm³/mol. The zero-order valence-electron chi connectivity index (χ0n) is 11.3. The molecule has 0 aliphatic heterocycles. The van der Waals surface area contributed by atoms with Crippen LogP contribution in [0.2, 0.25) is 0 Å². The van der Waals surface area contributed by atoms with Crippen molar-refractivity contribution in [1.82, 2.24) is 0 Å². The van der Waals surface area contributed by atoms with Gasteiger partial charge < -0.3 is 4.74 Å². The molecule has 0 fully saturated rings. The van der Waals surface area contributed by atoms with E-state index in [1.54, 1.807) is 12.3 Å². The van der Waals surface area contributed by atoms with Gasteiger partial charge in [-0.3, -0.25) is 4.21 Å². The van der Waals surface area contributed by atoms with Crippen LogP contribution < -0.4 is 4.74 Å². The monoisotopic (exact) mass is 274 g/mol. The normalized spacial score (nSPS) is 13.8. The van der Waals surface area contributed by atoms with Gasteiger partial charge in [-0.25, -0.2) is 0 Å². The summed E-state index contributed by atoms with van der Waals surface area (Å²) in [7, 11) is -2.21. The van der Waals surface area contributed by atoms with Gasteiger partial charge in [0.2, 0.25) is 0 Å². The number of rotatable bonds is 4. The minimum absolute atomic E-state index is 0.681. The summed E-state index contributed by atoms with van der Waals surface area (Å²) in [5.41, 5.74) is 1.27. The molecule has 0 amide bonds. The summed E-state index contributed by atoms with van der Waals surface area (Å²) in [6.45, 7) is 2.12. The van der Waals surface area contributed by atoms with Gasteiger partial charge in [0.15, 0.2) is 0 Å². The Bertz CT molecular complexity index is 655. The van der Waals surface area contributed by atoms with Crippen molar-refractivity contribution in [2.45, 2.75) is 18.2 Å². The first-order chi connectivity index (χ1) is 8.99. The average Bonchev–Trinajstić information content (AvgIpc) is 2.39. The Hall–Kier alpha value is -1.74. The Morgan fingerprint density at radius 1 is 1.11 bits per heavy atom. The summed E-state index contributed by atoms with van der Waals surface area (Å²) < 4.78 is 17.7. The predicted octanol–water partition coefficient (Wildman–Crippen LogP) is 3.75. The molecule has 2 aromatic carbocycles. The molecular weight excluding hydrogens is 256 g/mol. The first kappa shape index (κ1) is 13.7. The van der Waals surface area contributed by atoms with Crippen LogP contribution in [0, 0.1) is 0 Å². The zero-order chi connectivity index (χ0) is 13.9. The second-order valence-corrected chi connectivity index (χ2v) is 7.06. The summed E-state index contributed by atoms with van der Waals surface area (Å²) in [5, 5.41) is 0. The summed E-state index contributed by atoms with van der Waals surface area (Å²) in [6, 6.07) is 15.2. The molecule has 0 saturated carbocycles. The molecule has 0 radical (unpaired) electrons. The number of ether oxygens (including phenoxy) is 1. The van der Waals surface area contributed by atoms with Crippen LogP contribution in [0.4, 0.5) is 0 Å². The maximum atomic E-state index is 11.9. The Morgan fingerprint density at radius 2 is 1.79 bits per heavy atom. The van der Waals surface area contributed by atoms with E-state index < -0.39 is 9.52 Å². The van der Waals surface area contributed by atoms with E-state index in [9.17, 15) is 4.21 Å². The minimum Gasteiger partial charge on any atom is -0.457 e. The molecule has 1 unspecified atom stereocenters. The topological polar surface area (TPSA) is 26.3 Å². The van der Waals surface area contributed by atoms with Crippen molar-refractivity contribution < 1.29 is 8.95 Å². The summed E-state index contributed by atoms with van der Waals surface area (Å²) >= 11 is 0. The SMILES string of the molecule is C=S(C)(=O)c1cccc(Oc2ccc(CC)cc2)c1. The van der Waals surface area contributed by atoms with Gasteiger partial charge in [0.05, 0.1) is 0 Å². The largest absolute Gasteiger partial charge is 0.457 e. The third-order valence-corrected chi connectivity index (χ3v) is 4.12. The quantitative estimate of drug-likeness (QED) is 0.794. The Kier molecular flexibility index (Phi) is 3.96. The van der Waals surface area contributed by atoms with E-state index in [1.807, 2.05) is 42.5 Å². The van der Waals surface area contributed by atoms with E-state index in [-0.39, 0.29) is 0 Å². The standard InChI is InChI=1S/C16H18O2S/c1-4-13-8-10-14(11-9-13)18-15-6-5-7-16(12-15)19(2,3)17/h5-12H,2,4H2,1,3H3. The van der Waals surface area contributed by atoms with Crippen molar-refractivity contribution in [2.75, 3.05) is 6.26 Å². The highest BCUT2D eigenvalue weighted by Crippen LogP contribution is 2.24. The summed E-state index contributed by atoms with van der Waals surface area (Å²) in [4.78, 5) is 0.704. The van der Waals surface area contributed by atoms with E-state index in [2.05, 4.69) is 12.8 Å². The number of hydrogen-bond donors (Lipinski definition) is 0. The Morgan fingerprint density at radius 3 is 2.37 bits per heavy atom. The highest BCUT2D eigenvalue weighted by molar-refractivity contribution is 7.99. The number of benzene rings is 2. The van der Waals surface area contributed by atoms with E-state index in [0.29, 0.717) is 10.6 Å². The van der Waals surface area contributed by atoms with E-state index >= 15 is 0 Å². The van der Waals surface area contributed by atoms with Crippen LogP contribution in [0.1, 0.15) is 12.5 Å². The van der Waals surface area contributed by atoms with Crippen LogP contribution in [0.25, 0.3) is 0 Å². The van der Waals surface area contributed by atoms with Gasteiger partial charge in [-0.2, -0.15) is 0 Å². The molecule has 0 bridgehead atoms. The van der Waals surface area contributed by atoms with Crippen molar-refractivity contribution in [3.63, 3.8) is 0 Å². The molecular formula is C16H18O2S. The van der Waals surface area contributed by atoms with Gasteiger partial charge >= 0.3 is 0 Å². The lowest BCUT2D eigenvalue weighted by Gasteiger charge is -2.09. The maximum Gasteiger partial charge on any atom is 0.128 e. The lowest BCUT2D eigenvalue weighted by Crippen LogP contribution is -1.96. The molecule has 0 spiro atoms. The van der Waals surface area contributed by atoms with Gasteiger partial charge in [-0.15, -0.1) is 0 Å². The van der Waals surface area contributed by atoms with Crippen LogP contribution in [0.15, 0.2) is 53.4 Å². The Labute approximate surface area is 115 Å². The molecule has 19 heavy (non-hydrogen) atoms. The van der Waals surface area contributed by atoms with Crippen LogP contribution in [-0.2, 0) is 15.9 Å². The van der Waals surface area contributed by atoms with Crippen LogP contribution >= 0.6 is 0 Å². The van der Waals surface area contributed by atoms with E-state index in [4.69, 9.17) is 4.74 Å². The highest BCUT2D eigenvalue weighted by Gasteiger charge is 2.03. The van der Waals surface area contributed by atoms with Crippen LogP contribution in [-0.4, -0.2) is 16.3 Å². The second-order valence-electron chi connectivity index (χ2n) is 4.58. The lowest BCUT2D eigenvalue weighted by atomic mass is 10.2. The van der Waals surface area contributed by atoms with Crippen molar-refractivity contribution in [1.29, 1.82) is 0 Å². The van der Waals surface area contributed by atoms with Gasteiger partial charge in [-0.05, 0) is 57.7 Å². The molecule has 2 aromatic rings. The third kappa shape index (κ3) is 3.61. The van der Waals surface area contributed by atoms with Gasteiger partial charge in [0.1, 0.15) is 11.5 Å². The number of aryl methyl sites for hydroxylation is 1. The molecule has 0 aliphatic rings. The van der Waals surface area contributed by atoms with Gasteiger partial charge in [-0.1, -0.05) is 25.1 Å². The van der Waals surface area contributed by atoms with Crippen molar-refractivity contribution >= 4 is 15.4 Å². The van der Waals surface area contributed by atoms with Crippen molar-refractivity contribution in [3.8, 4) is 11.5 Å². The molecule has 1 atom stereocenters. The molecule has 0 aliphatic carbocycles. The number of hydrogen-bond acceptors (Lipinski definition) is 2. The smallest absolute Gasteiger partial charge is 0.128 e. The van der Waals surface area contributed by atoms with E-state index in [1.165, 1.54) is 5.56 Å². The van der Waals surface area contributed by atoms with Crippen LogP contribution in [0.3, 0.4) is 0 Å². The van der Waals surface area contributed by atoms with Crippen LogP contribution in [0.5, 0.6) is 11.5 Å². The third-order valence-electron chi connectivity index (χ3n) is 2.87. The molecule has 0 saturated heterocycles. The zero-order valence-corrected chi connectivity index (χ0v) is 12.1. The highest BCUT2D eigenvalue weighted by atomic mass is 32.2. The molecule has 100 valence electrons. The molecule has 2 nitrogen and oxygen atoms in total. The first-order valence-electron chi connectivity index (χ1n) is 6.18. The molecule has 3 heteroatoms. The fourth-order valence-corrected chi connectivity index (χ4v) is 2.47. The average molecular weight is 274 g/mol. The molecule has 0 N–H and O–H groups in total. The van der Waals surface area contributed by atoms with Gasteiger partial charge in [0, 0.05) is 11.2 Å². The Balaban J connectivity index is 2.23. The molecule has 2 rings (SSSR count). The summed E-state index contributed by atoms with van der Waals surface area (Å²) in [5.74, 6) is 5.14. The summed E-state index contributed by atoms with van der Waals surface area (Å²) in [6.07, 6.45) is 2.64. The second kappa shape index (κ2) is 5.49. The molecule has 0 heterocycles. The molecule has 0 aromatic heterocycles. The first-order valence-corrected chi connectivity index (χ1v) is 8.31. The van der Waals surface area contributed by atoms with Crippen molar-refractivity contribution in [2.24, 2.45) is 0 Å². The van der Waals surface area contributed by atoms with E-state index in [0.717, 1.165) is 12.2 Å².